The van der Waals surface area contributed by atoms with Crippen molar-refractivity contribution in [2.45, 2.75) is 45.3 Å². The van der Waals surface area contributed by atoms with Gasteiger partial charge in [-0.15, -0.1) is 0 Å². The maximum absolute atomic E-state index is 14.7. The van der Waals surface area contributed by atoms with Gasteiger partial charge in [-0.1, -0.05) is 71.7 Å². The second kappa shape index (κ2) is 13.0. The molecule has 3 aromatic carbocycles. The number of anilines is 1. The van der Waals surface area contributed by atoms with Crippen LogP contribution in [0.5, 0.6) is 0 Å². The first-order valence-electron chi connectivity index (χ1n) is 12.5. The van der Waals surface area contributed by atoms with Crippen LogP contribution in [0.3, 0.4) is 0 Å². The molecule has 1 N–H and O–H groups in total. The van der Waals surface area contributed by atoms with E-state index in [0.717, 1.165) is 17.9 Å². The van der Waals surface area contributed by atoms with Crippen LogP contribution in [0.15, 0.2) is 72.8 Å². The average molecular weight is 609 g/mol. The third kappa shape index (κ3) is 8.68. The highest BCUT2D eigenvalue weighted by atomic mass is 35.5. The number of halogens is 3. The van der Waals surface area contributed by atoms with E-state index in [4.69, 9.17) is 23.2 Å². The molecule has 2 amide bonds. The van der Waals surface area contributed by atoms with Crippen LogP contribution in [0.25, 0.3) is 0 Å². The maximum Gasteiger partial charge on any atom is 0.244 e. The summed E-state index contributed by atoms with van der Waals surface area (Å²) >= 11 is 12.3. The van der Waals surface area contributed by atoms with Crippen molar-refractivity contribution in [3.63, 3.8) is 0 Å². The molecule has 3 rings (SSSR count). The van der Waals surface area contributed by atoms with Crippen molar-refractivity contribution in [3.8, 4) is 0 Å². The van der Waals surface area contributed by atoms with Crippen molar-refractivity contribution in [2.24, 2.45) is 0 Å². The minimum absolute atomic E-state index is 0.0837. The number of amides is 2. The quantitative estimate of drug-likeness (QED) is 0.332. The van der Waals surface area contributed by atoms with Crippen LogP contribution in [-0.4, -0.2) is 49.5 Å². The summed E-state index contributed by atoms with van der Waals surface area (Å²) in [6, 6.07) is 18.2. The van der Waals surface area contributed by atoms with Gasteiger partial charge in [-0.3, -0.25) is 13.9 Å². The summed E-state index contributed by atoms with van der Waals surface area (Å²) in [6.07, 6.45) is 1.04. The number of rotatable bonds is 10. The molecule has 0 fully saturated rings. The van der Waals surface area contributed by atoms with E-state index in [9.17, 15) is 22.4 Å². The van der Waals surface area contributed by atoms with Gasteiger partial charge in [0.2, 0.25) is 21.8 Å². The van der Waals surface area contributed by atoms with E-state index in [-0.39, 0.29) is 23.7 Å². The van der Waals surface area contributed by atoms with E-state index in [1.54, 1.807) is 18.2 Å². The van der Waals surface area contributed by atoms with Crippen LogP contribution < -0.4 is 9.62 Å². The highest BCUT2D eigenvalue weighted by Gasteiger charge is 2.34. The monoisotopic (exact) mass is 607 g/mol. The summed E-state index contributed by atoms with van der Waals surface area (Å²) in [7, 11) is -4.08. The number of sulfonamides is 1. The predicted molar refractivity (Wildman–Crippen MR) is 157 cm³/mol. The van der Waals surface area contributed by atoms with Crippen molar-refractivity contribution in [1.29, 1.82) is 0 Å². The molecular formula is C29H32Cl2FN3O4S. The van der Waals surface area contributed by atoms with E-state index in [1.165, 1.54) is 23.1 Å². The smallest absolute Gasteiger partial charge is 0.244 e. The fourth-order valence-corrected chi connectivity index (χ4v) is 5.26. The zero-order valence-electron chi connectivity index (χ0n) is 22.7. The SMILES string of the molecule is CC(C)(C)NC(=O)C(Cc1ccccc1)N(Cc1ccc(Cl)c(Cl)c1)C(=O)CN(c1ccccc1F)S(C)(=O)=O. The van der Waals surface area contributed by atoms with Gasteiger partial charge < -0.3 is 10.2 Å². The number of para-hydroxylation sites is 1. The molecule has 0 saturated heterocycles. The highest BCUT2D eigenvalue weighted by Crippen LogP contribution is 2.26. The number of nitrogens with zero attached hydrogens (tertiary/aromatic N) is 2. The Hall–Kier alpha value is -3.14. The van der Waals surface area contributed by atoms with Gasteiger partial charge in [-0.2, -0.15) is 0 Å². The first-order chi connectivity index (χ1) is 18.7. The zero-order valence-corrected chi connectivity index (χ0v) is 25.0. The van der Waals surface area contributed by atoms with Gasteiger partial charge in [-0.05, 0) is 56.2 Å². The predicted octanol–water partition coefficient (Wildman–Crippen LogP) is 5.45. The van der Waals surface area contributed by atoms with Gasteiger partial charge in [0.25, 0.3) is 0 Å². The topological polar surface area (TPSA) is 86.8 Å². The van der Waals surface area contributed by atoms with Gasteiger partial charge in [0.05, 0.1) is 22.0 Å². The summed E-state index contributed by atoms with van der Waals surface area (Å²) < 4.78 is 40.9. The molecule has 0 aromatic heterocycles. The van der Waals surface area contributed by atoms with Gasteiger partial charge in [-0.25, -0.2) is 12.8 Å². The Morgan fingerprint density at radius 3 is 2.12 bits per heavy atom. The zero-order chi connectivity index (χ0) is 29.7. The molecule has 0 aliphatic rings. The molecule has 1 unspecified atom stereocenters. The number of benzene rings is 3. The fourth-order valence-electron chi connectivity index (χ4n) is 4.09. The third-order valence-electron chi connectivity index (χ3n) is 5.91. The number of carbonyl (C=O) groups is 2. The highest BCUT2D eigenvalue weighted by molar-refractivity contribution is 7.92. The Morgan fingerprint density at radius 1 is 0.925 bits per heavy atom. The van der Waals surface area contributed by atoms with Crippen molar-refractivity contribution in [3.05, 3.63) is 99.8 Å². The molecule has 11 heteroatoms. The molecule has 0 aliphatic carbocycles. The van der Waals surface area contributed by atoms with E-state index in [2.05, 4.69) is 5.32 Å². The Morgan fingerprint density at radius 2 is 1.55 bits per heavy atom. The lowest BCUT2D eigenvalue weighted by Crippen LogP contribution is -2.56. The van der Waals surface area contributed by atoms with E-state index in [0.29, 0.717) is 14.9 Å². The maximum atomic E-state index is 14.7. The lowest BCUT2D eigenvalue weighted by atomic mass is 10.0. The fraction of sp³-hybridized carbons (Fsp3) is 0.310. The summed E-state index contributed by atoms with van der Waals surface area (Å²) in [4.78, 5) is 29.0. The Labute approximate surface area is 244 Å². The normalized spacial score (nSPS) is 12.5. The van der Waals surface area contributed by atoms with Gasteiger partial charge in [0.15, 0.2) is 0 Å². The van der Waals surface area contributed by atoms with Gasteiger partial charge in [0.1, 0.15) is 18.4 Å². The summed E-state index contributed by atoms with van der Waals surface area (Å²) in [6.45, 7) is 4.65. The molecule has 214 valence electrons. The van der Waals surface area contributed by atoms with Crippen molar-refractivity contribution < 1.29 is 22.4 Å². The molecule has 0 spiro atoms. The van der Waals surface area contributed by atoms with Gasteiger partial charge >= 0.3 is 0 Å². The first kappa shape index (κ1) is 31.4. The number of carbonyl (C=O) groups excluding carboxylic acids is 2. The molecule has 0 radical (unpaired) electrons. The Balaban J connectivity index is 2.10. The lowest BCUT2D eigenvalue weighted by Gasteiger charge is -2.35. The summed E-state index contributed by atoms with van der Waals surface area (Å²) in [5.41, 5.74) is 0.473. The van der Waals surface area contributed by atoms with Gasteiger partial charge in [0, 0.05) is 18.5 Å². The van der Waals surface area contributed by atoms with Crippen LogP contribution in [0.1, 0.15) is 31.9 Å². The summed E-state index contributed by atoms with van der Waals surface area (Å²) in [5, 5.41) is 3.51. The standard InChI is InChI=1S/C29H32Cl2FN3O4S/c1-29(2,3)33-28(37)26(17-20-10-6-5-7-11-20)34(18-21-14-15-22(30)23(31)16-21)27(36)19-35(40(4,38)39)25-13-9-8-12-24(25)32/h5-16,26H,17-19H2,1-4H3,(H,33,37). The van der Waals surface area contributed by atoms with E-state index in [1.807, 2.05) is 51.1 Å². The van der Waals surface area contributed by atoms with Crippen molar-refractivity contribution in [2.75, 3.05) is 17.1 Å². The molecule has 40 heavy (non-hydrogen) atoms. The summed E-state index contributed by atoms with van der Waals surface area (Å²) in [5.74, 6) is -1.94. The molecule has 3 aromatic rings. The second-order valence-electron chi connectivity index (χ2n) is 10.4. The second-order valence-corrected chi connectivity index (χ2v) is 13.2. The molecular weight excluding hydrogens is 576 g/mol. The largest absolute Gasteiger partial charge is 0.350 e. The van der Waals surface area contributed by atoms with Crippen LogP contribution in [0.2, 0.25) is 10.0 Å². The van der Waals surface area contributed by atoms with Crippen molar-refractivity contribution >= 4 is 50.7 Å². The van der Waals surface area contributed by atoms with Crippen LogP contribution in [-0.2, 0) is 32.6 Å². The molecule has 0 bridgehead atoms. The third-order valence-corrected chi connectivity index (χ3v) is 7.77. The minimum Gasteiger partial charge on any atom is -0.350 e. The number of nitrogens with one attached hydrogen (secondary N) is 1. The molecule has 0 aliphatic heterocycles. The lowest BCUT2D eigenvalue weighted by molar-refractivity contribution is -0.140. The average Bonchev–Trinajstić information content (AvgIpc) is 2.86. The molecule has 1 atom stereocenters. The number of hydrogen-bond donors (Lipinski definition) is 1. The molecule has 0 heterocycles. The van der Waals surface area contributed by atoms with E-state index >= 15 is 0 Å². The van der Waals surface area contributed by atoms with E-state index < -0.39 is 45.8 Å². The van der Waals surface area contributed by atoms with Crippen LogP contribution in [0, 0.1) is 5.82 Å². The van der Waals surface area contributed by atoms with Crippen LogP contribution in [0.4, 0.5) is 10.1 Å². The number of hydrogen-bond acceptors (Lipinski definition) is 4. The van der Waals surface area contributed by atoms with Crippen LogP contribution >= 0.6 is 23.2 Å². The molecule has 0 saturated carbocycles. The Kier molecular flexibility index (Phi) is 10.2. The Bertz CT molecular complexity index is 1460. The first-order valence-corrected chi connectivity index (χ1v) is 15.1. The molecule has 7 nitrogen and oxygen atoms in total. The minimum atomic E-state index is -4.08. The van der Waals surface area contributed by atoms with Crippen molar-refractivity contribution in [1.82, 2.24) is 10.2 Å².